The fraction of sp³-hybridized carbons (Fsp3) is 0.333. The van der Waals surface area contributed by atoms with Crippen molar-refractivity contribution in [1.29, 1.82) is 0 Å². The number of aromatic nitrogens is 2. The van der Waals surface area contributed by atoms with Crippen molar-refractivity contribution >= 4 is 5.97 Å². The van der Waals surface area contributed by atoms with E-state index in [1.165, 1.54) is 6.92 Å². The quantitative estimate of drug-likeness (QED) is 0.598. The van der Waals surface area contributed by atoms with Crippen LogP contribution in [-0.2, 0) is 17.5 Å². The number of carbonyl (C=O) groups excluding carboxylic acids is 1. The van der Waals surface area contributed by atoms with Crippen LogP contribution in [0.25, 0.3) is 11.3 Å². The van der Waals surface area contributed by atoms with Gasteiger partial charge in [-0.15, -0.1) is 0 Å². The third kappa shape index (κ3) is 4.74. The second-order valence-corrected chi connectivity index (χ2v) is 4.98. The Morgan fingerprint density at radius 2 is 1.72 bits per heavy atom. The van der Waals surface area contributed by atoms with E-state index in [0.29, 0.717) is 4.68 Å². The van der Waals surface area contributed by atoms with Gasteiger partial charge in [0.1, 0.15) is 12.2 Å². The van der Waals surface area contributed by atoms with Crippen LogP contribution in [0.1, 0.15) is 23.0 Å². The molecule has 4 nitrogen and oxygen atoms in total. The summed E-state index contributed by atoms with van der Waals surface area (Å²) in [4.78, 5) is 11.8. The third-order valence-corrected chi connectivity index (χ3v) is 3.10. The lowest BCUT2D eigenvalue weighted by Crippen LogP contribution is -2.22. The van der Waals surface area contributed by atoms with Crippen molar-refractivity contribution < 1.29 is 35.9 Å². The summed E-state index contributed by atoms with van der Waals surface area (Å²) in [7, 11) is 0. The number of benzene rings is 1. The highest BCUT2D eigenvalue weighted by Crippen LogP contribution is 2.31. The van der Waals surface area contributed by atoms with Gasteiger partial charge in [0.05, 0.1) is 17.9 Å². The van der Waals surface area contributed by atoms with Crippen molar-refractivity contribution in [1.82, 2.24) is 9.78 Å². The summed E-state index contributed by atoms with van der Waals surface area (Å²) in [6.45, 7) is -0.0907. The molecule has 0 fully saturated rings. The van der Waals surface area contributed by atoms with Gasteiger partial charge in [-0.05, 0) is 25.1 Å². The molecule has 0 atom stereocenters. The zero-order valence-electron chi connectivity index (χ0n) is 12.8. The van der Waals surface area contributed by atoms with E-state index >= 15 is 0 Å². The Labute approximate surface area is 138 Å². The van der Waals surface area contributed by atoms with E-state index in [2.05, 4.69) is 9.84 Å². The molecule has 25 heavy (non-hydrogen) atoms. The van der Waals surface area contributed by atoms with Crippen LogP contribution in [0.5, 0.6) is 0 Å². The monoisotopic (exact) mass is 366 g/mol. The number of nitrogens with zero attached hydrogens (tertiary/aromatic N) is 2. The van der Waals surface area contributed by atoms with Crippen molar-refractivity contribution in [2.24, 2.45) is 0 Å². The maximum absolute atomic E-state index is 12.6. The van der Waals surface area contributed by atoms with Crippen LogP contribution in [0, 0.1) is 0 Å². The summed E-state index contributed by atoms with van der Waals surface area (Å²) < 4.78 is 80.7. The number of ether oxygens (including phenoxy) is 1. The lowest BCUT2D eigenvalue weighted by Gasteiger charge is -2.09. The number of rotatable bonds is 4. The van der Waals surface area contributed by atoms with Gasteiger partial charge in [0.25, 0.3) is 0 Å². The molecular formula is C15H12F6N2O2. The van der Waals surface area contributed by atoms with Gasteiger partial charge in [-0.2, -0.15) is 31.4 Å². The van der Waals surface area contributed by atoms with Gasteiger partial charge >= 0.3 is 18.3 Å². The van der Waals surface area contributed by atoms with Crippen molar-refractivity contribution in [2.75, 3.05) is 6.61 Å². The van der Waals surface area contributed by atoms with Crippen LogP contribution in [0.3, 0.4) is 0 Å². The van der Waals surface area contributed by atoms with Crippen molar-refractivity contribution in [3.63, 3.8) is 0 Å². The number of carbonyl (C=O) groups is 1. The Hall–Kier alpha value is -2.52. The largest absolute Gasteiger partial charge is 0.461 e. The molecule has 2 rings (SSSR count). The fourth-order valence-electron chi connectivity index (χ4n) is 2.05. The Kier molecular flexibility index (Phi) is 5.09. The van der Waals surface area contributed by atoms with E-state index in [0.717, 1.165) is 30.3 Å². The van der Waals surface area contributed by atoms with Gasteiger partial charge in [-0.3, -0.25) is 0 Å². The highest BCUT2D eigenvalue weighted by atomic mass is 19.4. The Balaban J connectivity index is 2.41. The van der Waals surface area contributed by atoms with Crippen LogP contribution in [-0.4, -0.2) is 28.5 Å². The molecule has 1 heterocycles. The number of alkyl halides is 6. The van der Waals surface area contributed by atoms with E-state index in [4.69, 9.17) is 0 Å². The predicted octanol–water partition coefficient (Wildman–Crippen LogP) is 4.31. The SMILES string of the molecule is CCOC(=O)c1cc(-c2ccc(C(F)(F)F)cc2)nn1CC(F)(F)F. The molecule has 0 aliphatic rings. The molecule has 0 bridgehead atoms. The number of hydrogen-bond acceptors (Lipinski definition) is 3. The average Bonchev–Trinajstić information content (AvgIpc) is 2.88. The lowest BCUT2D eigenvalue weighted by atomic mass is 10.1. The fourth-order valence-corrected chi connectivity index (χ4v) is 2.05. The molecule has 0 N–H and O–H groups in total. The van der Waals surface area contributed by atoms with E-state index in [1.807, 2.05) is 0 Å². The number of esters is 1. The first-order valence-corrected chi connectivity index (χ1v) is 7.00. The van der Waals surface area contributed by atoms with Crippen LogP contribution >= 0.6 is 0 Å². The molecule has 1 aromatic heterocycles. The first kappa shape index (κ1) is 18.8. The van der Waals surface area contributed by atoms with Gasteiger partial charge in [-0.1, -0.05) is 12.1 Å². The summed E-state index contributed by atoms with van der Waals surface area (Å²) in [6.07, 6.45) is -9.17. The maximum Gasteiger partial charge on any atom is 0.416 e. The molecule has 0 radical (unpaired) electrons. The van der Waals surface area contributed by atoms with E-state index in [-0.39, 0.29) is 17.9 Å². The van der Waals surface area contributed by atoms with Gasteiger partial charge in [0, 0.05) is 5.56 Å². The molecule has 0 amide bonds. The summed E-state index contributed by atoms with van der Waals surface area (Å²) >= 11 is 0. The molecule has 136 valence electrons. The maximum atomic E-state index is 12.6. The van der Waals surface area contributed by atoms with E-state index in [1.54, 1.807) is 0 Å². The predicted molar refractivity (Wildman–Crippen MR) is 74.7 cm³/mol. The highest BCUT2D eigenvalue weighted by molar-refractivity contribution is 5.89. The standard InChI is InChI=1S/C15H12F6N2O2/c1-2-25-13(24)12-7-11(22-23(12)8-14(16,17)18)9-3-5-10(6-4-9)15(19,20)21/h3-7H,2,8H2,1H3. The van der Waals surface area contributed by atoms with Crippen molar-refractivity contribution in [2.45, 2.75) is 25.8 Å². The number of halogens is 6. The zero-order valence-corrected chi connectivity index (χ0v) is 12.8. The molecule has 0 unspecified atom stereocenters. The normalized spacial score (nSPS) is 12.3. The molecule has 0 spiro atoms. The van der Waals surface area contributed by atoms with Gasteiger partial charge in [0.2, 0.25) is 0 Å². The molecule has 1 aromatic carbocycles. The third-order valence-electron chi connectivity index (χ3n) is 3.10. The van der Waals surface area contributed by atoms with Crippen molar-refractivity contribution in [3.8, 4) is 11.3 Å². The zero-order chi connectivity index (χ0) is 18.8. The molecule has 10 heteroatoms. The minimum atomic E-state index is -4.63. The molecule has 0 saturated carbocycles. The minimum Gasteiger partial charge on any atom is -0.461 e. The summed E-state index contributed by atoms with van der Waals surface area (Å²) in [5, 5.41) is 3.68. The molecule has 0 saturated heterocycles. The number of hydrogen-bond donors (Lipinski definition) is 0. The van der Waals surface area contributed by atoms with Gasteiger partial charge in [-0.25, -0.2) is 9.48 Å². The second kappa shape index (κ2) is 6.77. The minimum absolute atomic E-state index is 0.0500. The molecule has 0 aliphatic heterocycles. The van der Waals surface area contributed by atoms with Crippen molar-refractivity contribution in [3.05, 3.63) is 41.6 Å². The summed E-state index contributed by atoms with van der Waals surface area (Å²) in [5.74, 6) is -1.00. The van der Waals surface area contributed by atoms with Crippen LogP contribution in [0.2, 0.25) is 0 Å². The topological polar surface area (TPSA) is 44.1 Å². The molecular weight excluding hydrogens is 354 g/mol. The van der Waals surface area contributed by atoms with E-state index < -0.39 is 36.1 Å². The average molecular weight is 366 g/mol. The molecule has 2 aromatic rings. The Morgan fingerprint density at radius 1 is 1.12 bits per heavy atom. The lowest BCUT2D eigenvalue weighted by molar-refractivity contribution is -0.143. The second-order valence-electron chi connectivity index (χ2n) is 4.98. The summed E-state index contributed by atoms with van der Waals surface area (Å²) in [5.41, 5.74) is -1.27. The Morgan fingerprint density at radius 3 is 2.20 bits per heavy atom. The molecule has 0 aliphatic carbocycles. The van der Waals surface area contributed by atoms with Crippen LogP contribution in [0.4, 0.5) is 26.3 Å². The van der Waals surface area contributed by atoms with Gasteiger partial charge in [0.15, 0.2) is 0 Å². The summed E-state index contributed by atoms with van der Waals surface area (Å²) in [6, 6.07) is 4.74. The van der Waals surface area contributed by atoms with E-state index in [9.17, 15) is 31.1 Å². The first-order chi connectivity index (χ1) is 11.5. The first-order valence-electron chi connectivity index (χ1n) is 7.00. The highest BCUT2D eigenvalue weighted by Gasteiger charge is 2.32. The Bertz CT molecular complexity index is 747. The smallest absolute Gasteiger partial charge is 0.416 e. The van der Waals surface area contributed by atoms with Gasteiger partial charge < -0.3 is 4.74 Å². The van der Waals surface area contributed by atoms with Crippen LogP contribution in [0.15, 0.2) is 30.3 Å². The van der Waals surface area contributed by atoms with Crippen LogP contribution < -0.4 is 0 Å².